The van der Waals surface area contributed by atoms with Crippen LogP contribution in [0.15, 0.2) is 16.9 Å². The molecule has 9 heteroatoms. The number of hydrogen-bond acceptors (Lipinski definition) is 4. The lowest BCUT2D eigenvalue weighted by molar-refractivity contribution is 0.380. The number of nitrogens with zero attached hydrogens (tertiary/aromatic N) is 4. The van der Waals surface area contributed by atoms with Crippen molar-refractivity contribution >= 4 is 33.7 Å². The van der Waals surface area contributed by atoms with Gasteiger partial charge in [-0.15, -0.1) is 0 Å². The Balaban J connectivity index is 2.40. The van der Waals surface area contributed by atoms with Gasteiger partial charge in [-0.05, 0) is 72.8 Å². The maximum Gasteiger partial charge on any atom is 0.250 e. The maximum atomic E-state index is 10.5. The number of hydrogen-bond donors (Lipinski definition) is 1. The van der Waals surface area contributed by atoms with Crippen LogP contribution in [0.2, 0.25) is 36.3 Å². The van der Waals surface area contributed by atoms with E-state index in [4.69, 9.17) is 14.4 Å². The predicted molar refractivity (Wildman–Crippen MR) is 146 cm³/mol. The Morgan fingerprint density at radius 2 is 1.41 bits per heavy atom. The van der Waals surface area contributed by atoms with Crippen molar-refractivity contribution in [1.29, 1.82) is 0 Å². The Morgan fingerprint density at radius 3 is 1.88 bits per heavy atom. The summed E-state index contributed by atoms with van der Waals surface area (Å²) in [6.07, 6.45) is 1.64. The third-order valence-corrected chi connectivity index (χ3v) is 16.7. The van der Waals surface area contributed by atoms with Crippen molar-refractivity contribution < 1.29 is 14.0 Å². The Kier molecular flexibility index (Phi) is 6.26. The summed E-state index contributed by atoms with van der Waals surface area (Å²) in [5.41, 5.74) is 12.8. The summed E-state index contributed by atoms with van der Waals surface area (Å²) in [5.74, 6) is 1.70. The molecule has 0 spiro atoms. The fourth-order valence-corrected chi connectivity index (χ4v) is 5.76. The van der Waals surface area contributed by atoms with Crippen molar-refractivity contribution in [3.63, 3.8) is 0 Å². The molecule has 0 amide bonds. The number of aromatic nitrogens is 1. The van der Waals surface area contributed by atoms with Crippen LogP contribution in [0.4, 0.5) is 0 Å². The normalized spacial score (nSPS) is 16.8. The van der Waals surface area contributed by atoms with E-state index in [1.807, 2.05) is 10.6 Å². The quantitative estimate of drug-likeness (QED) is 0.192. The van der Waals surface area contributed by atoms with Gasteiger partial charge in [0.1, 0.15) is 23.3 Å². The summed E-state index contributed by atoms with van der Waals surface area (Å²) in [5, 5.41) is 15.4. The van der Waals surface area contributed by atoms with E-state index in [2.05, 4.69) is 91.6 Å². The first kappa shape index (κ1) is 26.3. The van der Waals surface area contributed by atoms with E-state index in [-0.39, 0.29) is 15.8 Å². The number of rotatable bonds is 5. The van der Waals surface area contributed by atoms with Gasteiger partial charge < -0.3 is 18.5 Å². The Morgan fingerprint density at radius 1 is 0.941 bits per heavy atom. The lowest BCUT2D eigenvalue weighted by Crippen LogP contribution is -2.44. The van der Waals surface area contributed by atoms with E-state index in [0.717, 1.165) is 39.2 Å². The van der Waals surface area contributed by atoms with Gasteiger partial charge in [0.2, 0.25) is 0 Å². The molecule has 2 aromatic rings. The van der Waals surface area contributed by atoms with Crippen molar-refractivity contribution in [3.05, 3.63) is 39.1 Å². The molecule has 0 bridgehead atoms. The molecule has 3 rings (SSSR count). The van der Waals surface area contributed by atoms with Gasteiger partial charge in [0.05, 0.1) is 5.52 Å². The summed E-state index contributed by atoms with van der Waals surface area (Å²) in [7, 11) is -4.32. The summed E-state index contributed by atoms with van der Waals surface area (Å²) in [6.45, 7) is 26.5. The van der Waals surface area contributed by atoms with E-state index in [1.54, 1.807) is 6.20 Å². The molecule has 7 nitrogen and oxygen atoms in total. The van der Waals surface area contributed by atoms with Crippen molar-refractivity contribution in [3.8, 4) is 11.5 Å². The van der Waals surface area contributed by atoms with Crippen LogP contribution >= 0.6 is 0 Å². The molecule has 34 heavy (non-hydrogen) atoms. The highest BCUT2D eigenvalue weighted by molar-refractivity contribution is 6.75. The Labute approximate surface area is 205 Å². The second-order valence-electron chi connectivity index (χ2n) is 12.5. The zero-order valence-electron chi connectivity index (χ0n) is 22.8. The van der Waals surface area contributed by atoms with Gasteiger partial charge in [-0.25, -0.2) is 0 Å². The molecule has 186 valence electrons. The summed E-state index contributed by atoms with van der Waals surface area (Å²) >= 11 is 0. The minimum absolute atomic E-state index is 0.0159. The van der Waals surface area contributed by atoms with E-state index >= 15 is 0 Å². The van der Waals surface area contributed by atoms with Gasteiger partial charge in [-0.2, -0.15) is 0 Å². The van der Waals surface area contributed by atoms with Crippen molar-refractivity contribution in [1.82, 2.24) is 4.57 Å². The van der Waals surface area contributed by atoms with Gasteiger partial charge in [-0.1, -0.05) is 46.7 Å². The van der Waals surface area contributed by atoms with Gasteiger partial charge in [0.15, 0.2) is 0 Å². The number of aliphatic hydroxyl groups excluding tert-OH is 1. The predicted octanol–water partition coefficient (Wildman–Crippen LogP) is 8.75. The van der Waals surface area contributed by atoms with Crippen LogP contribution in [-0.2, 0) is 0 Å². The molecule has 0 fully saturated rings. The summed E-state index contributed by atoms with van der Waals surface area (Å²) in [6, 6.07) is 1.22. The standard InChI is InChI=1S/C25H40N4O3Si2/c1-15-16(2)23(32-34(11,12)25(6,7)8)21-17(22(15)31-33(9,10)24(3,4)5)13-18-20(27-28-26)19(30)14-29(18)21/h13-14,20,30H,1-12H3/t20-/m1/s1. The topological polar surface area (TPSA) is 92.4 Å². The van der Waals surface area contributed by atoms with Crippen molar-refractivity contribution in [2.45, 2.75) is 97.7 Å². The third kappa shape index (κ3) is 4.14. The first-order chi connectivity index (χ1) is 15.3. The smallest absolute Gasteiger partial charge is 0.250 e. The highest BCUT2D eigenvalue weighted by atomic mass is 28.4. The lowest BCUT2D eigenvalue weighted by atomic mass is 10.0. The molecule has 1 aliphatic heterocycles. The molecular weight excluding hydrogens is 460 g/mol. The second-order valence-corrected chi connectivity index (χ2v) is 21.9. The fraction of sp³-hybridized carbons (Fsp3) is 0.600. The van der Waals surface area contributed by atoms with E-state index in [0.29, 0.717) is 0 Å². The Bertz CT molecular complexity index is 1220. The van der Waals surface area contributed by atoms with Crippen LogP contribution < -0.4 is 8.85 Å². The minimum Gasteiger partial charge on any atom is -0.543 e. The zero-order chi connectivity index (χ0) is 26.0. The molecule has 0 unspecified atom stereocenters. The van der Waals surface area contributed by atoms with E-state index in [1.165, 1.54) is 0 Å². The monoisotopic (exact) mass is 500 g/mol. The second kappa shape index (κ2) is 8.10. The van der Waals surface area contributed by atoms with Crippen molar-refractivity contribution in [2.24, 2.45) is 5.11 Å². The van der Waals surface area contributed by atoms with Crippen molar-refractivity contribution in [2.75, 3.05) is 0 Å². The molecule has 0 saturated carbocycles. The average molecular weight is 501 g/mol. The molecule has 2 heterocycles. The van der Waals surface area contributed by atoms with Crippen LogP contribution in [0.25, 0.3) is 27.5 Å². The first-order valence-corrected chi connectivity index (χ1v) is 17.7. The largest absolute Gasteiger partial charge is 0.543 e. The minimum atomic E-state index is -2.18. The highest BCUT2D eigenvalue weighted by Crippen LogP contribution is 2.50. The molecule has 1 aromatic carbocycles. The number of aliphatic hydroxyl groups is 1. The van der Waals surface area contributed by atoms with Crippen LogP contribution in [-0.4, -0.2) is 26.3 Å². The van der Waals surface area contributed by atoms with Gasteiger partial charge >= 0.3 is 0 Å². The lowest BCUT2D eigenvalue weighted by Gasteiger charge is -2.39. The molecule has 1 aliphatic rings. The molecule has 0 radical (unpaired) electrons. The molecule has 1 N–H and O–H groups in total. The van der Waals surface area contributed by atoms with E-state index < -0.39 is 22.7 Å². The van der Waals surface area contributed by atoms with Crippen LogP contribution in [0.3, 0.4) is 0 Å². The first-order valence-electron chi connectivity index (χ1n) is 11.8. The fourth-order valence-electron chi connectivity index (χ4n) is 3.62. The van der Waals surface area contributed by atoms with Crippen LogP contribution in [0.5, 0.6) is 11.5 Å². The number of benzene rings is 1. The SMILES string of the molecule is Cc1c(C)c(O[Si](C)(C)C(C)(C)C)c2c(cc3n2C=C(O)[C@@H]3N=[N+]=[N-])c1O[Si](C)(C)C(C)(C)C. The molecule has 1 atom stereocenters. The van der Waals surface area contributed by atoms with Gasteiger partial charge in [-0.3, -0.25) is 0 Å². The number of azide groups is 1. The molecule has 0 saturated heterocycles. The zero-order valence-corrected chi connectivity index (χ0v) is 24.8. The third-order valence-electron chi connectivity index (χ3n) is 8.09. The molecule has 0 aliphatic carbocycles. The summed E-state index contributed by atoms with van der Waals surface area (Å²) < 4.78 is 15.7. The van der Waals surface area contributed by atoms with Crippen LogP contribution in [0, 0.1) is 13.8 Å². The van der Waals surface area contributed by atoms with Crippen LogP contribution in [0.1, 0.15) is 64.4 Å². The van der Waals surface area contributed by atoms with E-state index in [9.17, 15) is 5.11 Å². The average Bonchev–Trinajstić information content (AvgIpc) is 3.17. The van der Waals surface area contributed by atoms with Gasteiger partial charge in [0, 0.05) is 22.2 Å². The highest BCUT2D eigenvalue weighted by Gasteiger charge is 2.43. The number of fused-ring (bicyclic) bond motifs is 3. The maximum absolute atomic E-state index is 10.5. The Hall–Kier alpha value is -2.36. The molecule has 1 aromatic heterocycles. The summed E-state index contributed by atoms with van der Waals surface area (Å²) in [4.78, 5) is 2.96. The molecular formula is C25H40N4O3Si2. The van der Waals surface area contributed by atoms with Gasteiger partial charge in [0.25, 0.3) is 16.6 Å².